The average molecular weight is 380 g/mol. The maximum atomic E-state index is 14.4. The molecule has 4 rings (SSSR count). The van der Waals surface area contributed by atoms with Crippen molar-refractivity contribution < 1.29 is 9.50 Å². The summed E-state index contributed by atoms with van der Waals surface area (Å²) in [4.78, 5) is 16.1. The molecule has 1 atom stereocenters. The topological polar surface area (TPSA) is 103 Å². The molecule has 4 aromatic rings. The number of anilines is 1. The normalized spacial score (nSPS) is 13.1. The van der Waals surface area contributed by atoms with Gasteiger partial charge < -0.3 is 10.8 Å². The molecule has 0 radical (unpaired) electrons. The third kappa shape index (κ3) is 3.23. The molecular formula is C18H13FN6OS. The third-order valence-electron chi connectivity index (χ3n) is 3.82. The van der Waals surface area contributed by atoms with Crippen molar-refractivity contribution in [1.29, 1.82) is 0 Å². The fourth-order valence-corrected chi connectivity index (χ4v) is 3.16. The van der Waals surface area contributed by atoms with Crippen LogP contribution in [0.3, 0.4) is 0 Å². The van der Waals surface area contributed by atoms with Crippen molar-refractivity contribution in [2.45, 2.75) is 12.5 Å². The van der Waals surface area contributed by atoms with Crippen LogP contribution < -0.4 is 5.73 Å². The van der Waals surface area contributed by atoms with E-state index < -0.39 is 11.4 Å². The number of halogens is 1. The van der Waals surface area contributed by atoms with E-state index in [1.165, 1.54) is 17.4 Å². The molecule has 1 unspecified atom stereocenters. The van der Waals surface area contributed by atoms with E-state index in [9.17, 15) is 9.50 Å². The number of hydrogen-bond acceptors (Lipinski definition) is 7. The summed E-state index contributed by atoms with van der Waals surface area (Å²) < 4.78 is 15.9. The largest absolute Gasteiger partial charge is 0.371 e. The van der Waals surface area contributed by atoms with Crippen molar-refractivity contribution in [3.05, 3.63) is 58.8 Å². The standard InChI is InChI=1S/C18H13FN6OS/c1-18(26,16-21-5-7-27-16)4-2-12-8-14(13(19)10-22-12)25-6-3-11-9-23-17(20)24-15(11)25/h3,5-10,26H,1H3,(H2,20,23,24). The summed E-state index contributed by atoms with van der Waals surface area (Å²) in [7, 11) is 0. The maximum absolute atomic E-state index is 14.4. The Hall–Kier alpha value is -3.35. The zero-order chi connectivity index (χ0) is 19.0. The molecule has 0 aliphatic rings. The van der Waals surface area contributed by atoms with Gasteiger partial charge in [-0.15, -0.1) is 11.3 Å². The quantitative estimate of drug-likeness (QED) is 0.517. The number of aromatic nitrogens is 5. The second-order valence-corrected chi connectivity index (χ2v) is 6.77. The van der Waals surface area contributed by atoms with Gasteiger partial charge in [0.1, 0.15) is 16.3 Å². The summed E-state index contributed by atoms with van der Waals surface area (Å²) >= 11 is 1.30. The van der Waals surface area contributed by atoms with Crippen LogP contribution in [0.15, 0.2) is 42.3 Å². The molecule has 0 aliphatic heterocycles. The van der Waals surface area contributed by atoms with E-state index in [1.54, 1.807) is 41.5 Å². The minimum absolute atomic E-state index is 0.0939. The van der Waals surface area contributed by atoms with Crippen LogP contribution in [0.25, 0.3) is 16.7 Å². The molecule has 134 valence electrons. The summed E-state index contributed by atoms with van der Waals surface area (Å²) in [5.41, 5.74) is 5.21. The first-order chi connectivity index (χ1) is 12.9. The van der Waals surface area contributed by atoms with E-state index in [2.05, 4.69) is 31.8 Å². The van der Waals surface area contributed by atoms with Crippen LogP contribution in [0.1, 0.15) is 17.6 Å². The number of nitrogen functional groups attached to an aromatic ring is 1. The van der Waals surface area contributed by atoms with Crippen molar-refractivity contribution in [1.82, 2.24) is 24.5 Å². The van der Waals surface area contributed by atoms with Gasteiger partial charge >= 0.3 is 0 Å². The van der Waals surface area contributed by atoms with Crippen LogP contribution in [0, 0.1) is 17.7 Å². The van der Waals surface area contributed by atoms with E-state index >= 15 is 0 Å². The van der Waals surface area contributed by atoms with Crippen LogP contribution in [0.4, 0.5) is 10.3 Å². The lowest BCUT2D eigenvalue weighted by atomic mass is 10.1. The first-order valence-electron chi connectivity index (χ1n) is 7.85. The zero-order valence-corrected chi connectivity index (χ0v) is 14.9. The number of rotatable bonds is 2. The second-order valence-electron chi connectivity index (χ2n) is 5.87. The number of nitrogens with two attached hydrogens (primary N) is 1. The van der Waals surface area contributed by atoms with Gasteiger partial charge in [0.25, 0.3) is 0 Å². The van der Waals surface area contributed by atoms with Gasteiger partial charge in [0, 0.05) is 29.4 Å². The summed E-state index contributed by atoms with van der Waals surface area (Å²) in [5.74, 6) is 5.06. The lowest BCUT2D eigenvalue weighted by Crippen LogP contribution is -2.18. The molecular weight excluding hydrogens is 367 g/mol. The van der Waals surface area contributed by atoms with E-state index in [0.29, 0.717) is 16.3 Å². The highest BCUT2D eigenvalue weighted by Crippen LogP contribution is 2.23. The Morgan fingerprint density at radius 2 is 2.15 bits per heavy atom. The highest BCUT2D eigenvalue weighted by atomic mass is 32.1. The first kappa shape index (κ1) is 17.1. The Kier molecular flexibility index (Phi) is 4.07. The minimum atomic E-state index is -1.42. The van der Waals surface area contributed by atoms with Gasteiger partial charge in [-0.3, -0.25) is 4.57 Å². The zero-order valence-electron chi connectivity index (χ0n) is 14.1. The molecule has 0 saturated heterocycles. The van der Waals surface area contributed by atoms with Gasteiger partial charge in [0.15, 0.2) is 11.4 Å². The van der Waals surface area contributed by atoms with Gasteiger partial charge in [-0.05, 0) is 25.0 Å². The van der Waals surface area contributed by atoms with Gasteiger partial charge in [0.2, 0.25) is 5.95 Å². The molecule has 0 fully saturated rings. The molecule has 0 aliphatic carbocycles. The van der Waals surface area contributed by atoms with Crippen molar-refractivity contribution in [2.24, 2.45) is 0 Å². The molecule has 0 spiro atoms. The molecule has 27 heavy (non-hydrogen) atoms. The molecule has 9 heteroatoms. The number of nitrogens with zero attached hydrogens (tertiary/aromatic N) is 5. The SMILES string of the molecule is CC(O)(C#Cc1cc(-n2ccc3cnc(N)nc32)c(F)cn1)c1nccs1. The smallest absolute Gasteiger partial charge is 0.221 e. The Bertz CT molecular complexity index is 1190. The van der Waals surface area contributed by atoms with Crippen molar-refractivity contribution >= 4 is 28.3 Å². The van der Waals surface area contributed by atoms with Gasteiger partial charge in [0.05, 0.1) is 11.9 Å². The highest BCUT2D eigenvalue weighted by molar-refractivity contribution is 7.09. The van der Waals surface area contributed by atoms with E-state index in [-0.39, 0.29) is 11.6 Å². The maximum Gasteiger partial charge on any atom is 0.221 e. The van der Waals surface area contributed by atoms with Crippen LogP contribution in [-0.2, 0) is 5.60 Å². The minimum Gasteiger partial charge on any atom is -0.371 e. The Morgan fingerprint density at radius 3 is 2.93 bits per heavy atom. The van der Waals surface area contributed by atoms with E-state index in [1.807, 2.05) is 0 Å². The van der Waals surface area contributed by atoms with Gasteiger partial charge in [-0.2, -0.15) is 4.98 Å². The summed E-state index contributed by atoms with van der Waals surface area (Å²) in [6, 6.07) is 3.24. The predicted molar refractivity (Wildman–Crippen MR) is 99.6 cm³/mol. The van der Waals surface area contributed by atoms with Crippen molar-refractivity contribution in [3.8, 4) is 17.5 Å². The number of thiazole rings is 1. The van der Waals surface area contributed by atoms with Crippen LogP contribution in [-0.4, -0.2) is 29.6 Å². The summed E-state index contributed by atoms with van der Waals surface area (Å²) in [5, 5.41) is 13.4. The summed E-state index contributed by atoms with van der Waals surface area (Å²) in [6.45, 7) is 1.54. The van der Waals surface area contributed by atoms with Crippen LogP contribution in [0.5, 0.6) is 0 Å². The third-order valence-corrected chi connectivity index (χ3v) is 4.81. The molecule has 7 nitrogen and oxygen atoms in total. The van der Waals surface area contributed by atoms with Gasteiger partial charge in [-0.25, -0.2) is 19.3 Å². The van der Waals surface area contributed by atoms with Crippen LogP contribution in [0.2, 0.25) is 0 Å². The second kappa shape index (κ2) is 6.42. The number of aliphatic hydroxyl groups is 1. The average Bonchev–Trinajstić information content (AvgIpc) is 3.31. The molecule has 0 amide bonds. The Balaban J connectivity index is 1.77. The lowest BCUT2D eigenvalue weighted by molar-refractivity contribution is 0.122. The van der Waals surface area contributed by atoms with Crippen molar-refractivity contribution in [2.75, 3.05) is 5.73 Å². The van der Waals surface area contributed by atoms with Gasteiger partial charge in [-0.1, -0.05) is 5.92 Å². The molecule has 0 saturated carbocycles. The number of fused-ring (bicyclic) bond motifs is 1. The number of pyridine rings is 1. The summed E-state index contributed by atoms with van der Waals surface area (Å²) in [6.07, 6.45) is 5.91. The van der Waals surface area contributed by atoms with E-state index in [0.717, 1.165) is 11.6 Å². The Labute approximate surface area is 157 Å². The number of hydrogen-bond donors (Lipinski definition) is 2. The van der Waals surface area contributed by atoms with E-state index in [4.69, 9.17) is 5.73 Å². The van der Waals surface area contributed by atoms with Crippen molar-refractivity contribution in [3.63, 3.8) is 0 Å². The first-order valence-corrected chi connectivity index (χ1v) is 8.73. The van der Waals surface area contributed by atoms with Crippen LogP contribution >= 0.6 is 11.3 Å². The lowest BCUT2D eigenvalue weighted by Gasteiger charge is -2.12. The molecule has 4 aromatic heterocycles. The fraction of sp³-hybridized carbons (Fsp3) is 0.111. The highest BCUT2D eigenvalue weighted by Gasteiger charge is 2.23. The molecule has 0 aromatic carbocycles. The molecule has 0 bridgehead atoms. The predicted octanol–water partition coefficient (Wildman–Crippen LogP) is 2.25. The monoisotopic (exact) mass is 380 g/mol. The molecule has 3 N–H and O–H groups in total. The fourth-order valence-electron chi connectivity index (χ4n) is 2.51. The molecule has 4 heterocycles. The Morgan fingerprint density at radius 1 is 1.30 bits per heavy atom.